The molecule has 0 saturated heterocycles. The van der Waals surface area contributed by atoms with Gasteiger partial charge in [-0.25, -0.2) is 4.39 Å². The predicted octanol–water partition coefficient (Wildman–Crippen LogP) is 4.26. The van der Waals surface area contributed by atoms with Crippen LogP contribution in [0.25, 0.3) is 0 Å². The van der Waals surface area contributed by atoms with E-state index in [1.807, 2.05) is 19.9 Å². The molecule has 4 heteroatoms. The van der Waals surface area contributed by atoms with Crippen LogP contribution in [0.3, 0.4) is 0 Å². The summed E-state index contributed by atoms with van der Waals surface area (Å²) in [5, 5.41) is 0. The number of nitrogens with two attached hydrogens (primary N) is 1. The van der Waals surface area contributed by atoms with E-state index in [0.717, 1.165) is 21.2 Å². The van der Waals surface area contributed by atoms with Gasteiger partial charge in [-0.05, 0) is 37.1 Å². The molecule has 0 radical (unpaired) electrons. The fourth-order valence-corrected chi connectivity index (χ4v) is 2.96. The molecule has 2 rings (SSSR count). The second-order valence-electron chi connectivity index (χ2n) is 4.75. The van der Waals surface area contributed by atoms with Crippen LogP contribution in [0.15, 0.2) is 34.8 Å². The van der Waals surface area contributed by atoms with E-state index in [1.54, 1.807) is 25.3 Å². The Labute approximate surface area is 126 Å². The molecule has 0 aliphatic carbocycles. The van der Waals surface area contributed by atoms with Crippen LogP contribution in [-0.2, 0) is 0 Å². The van der Waals surface area contributed by atoms with Crippen LogP contribution < -0.4 is 10.5 Å². The maximum Gasteiger partial charge on any atom is 0.128 e. The molecule has 1 atom stereocenters. The number of hydrogen-bond donors (Lipinski definition) is 1. The van der Waals surface area contributed by atoms with Gasteiger partial charge in [-0.15, -0.1) is 0 Å². The molecule has 2 aromatic rings. The number of hydrogen-bond acceptors (Lipinski definition) is 2. The summed E-state index contributed by atoms with van der Waals surface area (Å²) >= 11 is 3.51. The summed E-state index contributed by atoms with van der Waals surface area (Å²) in [4.78, 5) is 0. The highest BCUT2D eigenvalue weighted by Gasteiger charge is 2.22. The van der Waals surface area contributed by atoms with Crippen molar-refractivity contribution in [3.63, 3.8) is 0 Å². The molecular formula is C16H17BrFNO. The van der Waals surface area contributed by atoms with E-state index in [-0.39, 0.29) is 5.82 Å². The van der Waals surface area contributed by atoms with Gasteiger partial charge in [0.2, 0.25) is 0 Å². The van der Waals surface area contributed by atoms with Crippen molar-refractivity contribution in [1.82, 2.24) is 0 Å². The standard InChI is InChI=1S/C16H17BrFNO/c1-9-8-12(17)10(2)14(16(9)20-3)15(19)11-6-4-5-7-13(11)18/h4-8,15H,19H2,1-3H3. The molecule has 0 aliphatic rings. The Morgan fingerprint density at radius 1 is 1.25 bits per heavy atom. The lowest BCUT2D eigenvalue weighted by molar-refractivity contribution is 0.403. The van der Waals surface area contributed by atoms with E-state index in [1.165, 1.54) is 6.07 Å². The van der Waals surface area contributed by atoms with Gasteiger partial charge in [0.1, 0.15) is 11.6 Å². The molecule has 0 bridgehead atoms. The first kappa shape index (κ1) is 15.0. The monoisotopic (exact) mass is 337 g/mol. The second kappa shape index (κ2) is 5.94. The van der Waals surface area contributed by atoms with Crippen LogP contribution in [0.2, 0.25) is 0 Å². The molecule has 0 heterocycles. The maximum atomic E-state index is 14.0. The van der Waals surface area contributed by atoms with E-state index in [0.29, 0.717) is 11.3 Å². The van der Waals surface area contributed by atoms with Crippen molar-refractivity contribution in [1.29, 1.82) is 0 Å². The number of rotatable bonds is 3. The predicted molar refractivity (Wildman–Crippen MR) is 82.6 cm³/mol. The topological polar surface area (TPSA) is 35.2 Å². The molecule has 0 spiro atoms. The van der Waals surface area contributed by atoms with Gasteiger partial charge in [0, 0.05) is 15.6 Å². The summed E-state index contributed by atoms with van der Waals surface area (Å²) in [5.41, 5.74) is 9.49. The van der Waals surface area contributed by atoms with E-state index in [4.69, 9.17) is 10.5 Å². The minimum atomic E-state index is -0.567. The second-order valence-corrected chi connectivity index (χ2v) is 5.60. The molecule has 106 valence electrons. The van der Waals surface area contributed by atoms with Crippen molar-refractivity contribution in [3.8, 4) is 5.75 Å². The Balaban J connectivity index is 2.66. The number of aryl methyl sites for hydroxylation is 1. The number of methoxy groups -OCH3 is 1. The molecule has 20 heavy (non-hydrogen) atoms. The van der Waals surface area contributed by atoms with Crippen molar-refractivity contribution in [2.75, 3.05) is 7.11 Å². The van der Waals surface area contributed by atoms with Gasteiger partial charge in [0.05, 0.1) is 13.2 Å². The average molecular weight is 338 g/mol. The zero-order valence-corrected chi connectivity index (χ0v) is 13.3. The number of halogens is 2. The molecule has 0 amide bonds. The largest absolute Gasteiger partial charge is 0.496 e. The van der Waals surface area contributed by atoms with E-state index >= 15 is 0 Å². The van der Waals surface area contributed by atoms with Crippen molar-refractivity contribution < 1.29 is 9.13 Å². The summed E-state index contributed by atoms with van der Waals surface area (Å²) < 4.78 is 20.4. The van der Waals surface area contributed by atoms with Gasteiger partial charge in [0.25, 0.3) is 0 Å². The lowest BCUT2D eigenvalue weighted by Crippen LogP contribution is -2.17. The van der Waals surface area contributed by atoms with Crippen LogP contribution in [0.5, 0.6) is 5.75 Å². The third-order valence-electron chi connectivity index (χ3n) is 3.46. The molecule has 2 nitrogen and oxygen atoms in total. The summed E-state index contributed by atoms with van der Waals surface area (Å²) in [6.07, 6.45) is 0. The summed E-state index contributed by atoms with van der Waals surface area (Å²) in [7, 11) is 1.60. The van der Waals surface area contributed by atoms with Crippen LogP contribution in [0, 0.1) is 19.7 Å². The van der Waals surface area contributed by atoms with Crippen molar-refractivity contribution >= 4 is 15.9 Å². The maximum absolute atomic E-state index is 14.0. The summed E-state index contributed by atoms with van der Waals surface area (Å²) in [6.45, 7) is 3.89. The Bertz CT molecular complexity index is 643. The fourth-order valence-electron chi connectivity index (χ4n) is 2.40. The lowest BCUT2D eigenvalue weighted by Gasteiger charge is -2.21. The molecule has 2 N–H and O–H groups in total. The van der Waals surface area contributed by atoms with Crippen molar-refractivity contribution in [3.05, 3.63) is 62.9 Å². The van der Waals surface area contributed by atoms with E-state index in [9.17, 15) is 4.39 Å². The summed E-state index contributed by atoms with van der Waals surface area (Å²) in [5.74, 6) is 0.403. The smallest absolute Gasteiger partial charge is 0.128 e. The van der Waals surface area contributed by atoms with Gasteiger partial charge in [0.15, 0.2) is 0 Å². The van der Waals surface area contributed by atoms with Crippen LogP contribution in [0.4, 0.5) is 4.39 Å². The van der Waals surface area contributed by atoms with Crippen LogP contribution in [-0.4, -0.2) is 7.11 Å². The highest BCUT2D eigenvalue weighted by atomic mass is 79.9. The number of ether oxygens (including phenoxy) is 1. The SMILES string of the molecule is COc1c(C)cc(Br)c(C)c1C(N)c1ccccc1F. The molecule has 0 saturated carbocycles. The molecular weight excluding hydrogens is 321 g/mol. The van der Waals surface area contributed by atoms with Crippen molar-refractivity contribution in [2.24, 2.45) is 5.73 Å². The Hall–Kier alpha value is -1.39. The molecule has 0 fully saturated rings. The molecule has 0 aliphatic heterocycles. The average Bonchev–Trinajstić information content (AvgIpc) is 2.42. The Kier molecular flexibility index (Phi) is 4.45. The Morgan fingerprint density at radius 3 is 2.50 bits per heavy atom. The van der Waals surface area contributed by atoms with Gasteiger partial charge in [-0.1, -0.05) is 34.1 Å². The molecule has 1 unspecified atom stereocenters. The third-order valence-corrected chi connectivity index (χ3v) is 4.29. The molecule has 0 aromatic heterocycles. The van der Waals surface area contributed by atoms with Gasteiger partial charge in [-0.2, -0.15) is 0 Å². The zero-order chi connectivity index (χ0) is 14.9. The number of benzene rings is 2. The van der Waals surface area contributed by atoms with Gasteiger partial charge >= 0.3 is 0 Å². The molecule has 2 aromatic carbocycles. The fraction of sp³-hybridized carbons (Fsp3) is 0.250. The van der Waals surface area contributed by atoms with Gasteiger partial charge in [-0.3, -0.25) is 0 Å². The highest BCUT2D eigenvalue weighted by Crippen LogP contribution is 2.38. The van der Waals surface area contributed by atoms with E-state index in [2.05, 4.69) is 15.9 Å². The normalized spacial score (nSPS) is 12.3. The zero-order valence-electron chi connectivity index (χ0n) is 11.7. The first-order valence-corrected chi connectivity index (χ1v) is 7.10. The van der Waals surface area contributed by atoms with Crippen LogP contribution >= 0.6 is 15.9 Å². The van der Waals surface area contributed by atoms with Gasteiger partial charge < -0.3 is 10.5 Å². The third kappa shape index (κ3) is 2.58. The van der Waals surface area contributed by atoms with E-state index < -0.39 is 6.04 Å². The highest BCUT2D eigenvalue weighted by molar-refractivity contribution is 9.10. The van der Waals surface area contributed by atoms with Crippen molar-refractivity contribution in [2.45, 2.75) is 19.9 Å². The first-order valence-electron chi connectivity index (χ1n) is 6.31. The minimum absolute atomic E-state index is 0.306. The minimum Gasteiger partial charge on any atom is -0.496 e. The lowest BCUT2D eigenvalue weighted by atomic mass is 9.92. The first-order chi connectivity index (χ1) is 9.47. The van der Waals surface area contributed by atoms with Crippen LogP contribution in [0.1, 0.15) is 28.3 Å². The Morgan fingerprint density at radius 2 is 1.90 bits per heavy atom. The summed E-state index contributed by atoms with van der Waals surface area (Å²) in [6, 6.07) is 7.97. The quantitative estimate of drug-likeness (QED) is 0.907.